The Morgan fingerprint density at radius 3 is 2.85 bits per heavy atom. The summed E-state index contributed by atoms with van der Waals surface area (Å²) in [6.07, 6.45) is 1.55. The molecular formula is C6H6ClN5S. The number of nitrogen functional groups attached to an aromatic ring is 1. The van der Waals surface area contributed by atoms with Gasteiger partial charge in [-0.2, -0.15) is 14.5 Å². The maximum atomic E-state index is 5.89. The van der Waals surface area contributed by atoms with Crippen LogP contribution in [0.3, 0.4) is 0 Å². The van der Waals surface area contributed by atoms with Crippen molar-refractivity contribution >= 4 is 28.3 Å². The Morgan fingerprint density at radius 1 is 1.62 bits per heavy atom. The third-order valence-electron chi connectivity index (χ3n) is 1.55. The molecule has 0 aliphatic carbocycles. The molecule has 0 fully saturated rings. The summed E-state index contributed by atoms with van der Waals surface area (Å²) in [4.78, 5) is 4.01. The number of nitrogens with zero attached hydrogens (tertiary/aromatic N) is 4. The van der Waals surface area contributed by atoms with E-state index in [4.69, 9.17) is 17.3 Å². The zero-order chi connectivity index (χ0) is 9.42. The molecule has 2 aromatic rings. The molecular weight excluding hydrogens is 210 g/mol. The SMILES string of the molecule is Cn1ncc(Cl)c1-c1nsc(N)n1. The van der Waals surface area contributed by atoms with E-state index in [9.17, 15) is 0 Å². The molecule has 7 heteroatoms. The molecule has 0 spiro atoms. The highest BCUT2D eigenvalue weighted by molar-refractivity contribution is 7.09. The lowest BCUT2D eigenvalue weighted by molar-refractivity contribution is 0.772. The molecule has 2 N–H and O–H groups in total. The molecule has 2 heterocycles. The van der Waals surface area contributed by atoms with E-state index < -0.39 is 0 Å². The van der Waals surface area contributed by atoms with Gasteiger partial charge in [0.25, 0.3) is 0 Å². The lowest BCUT2D eigenvalue weighted by Gasteiger charge is -1.95. The smallest absolute Gasteiger partial charge is 0.200 e. The average molecular weight is 216 g/mol. The second-order valence-electron chi connectivity index (χ2n) is 2.42. The third-order valence-corrected chi connectivity index (χ3v) is 2.37. The minimum atomic E-state index is 0.423. The van der Waals surface area contributed by atoms with Crippen molar-refractivity contribution < 1.29 is 0 Å². The fourth-order valence-corrected chi connectivity index (χ4v) is 1.68. The minimum Gasteiger partial charge on any atom is -0.374 e. The van der Waals surface area contributed by atoms with Crippen molar-refractivity contribution in [3.63, 3.8) is 0 Å². The second-order valence-corrected chi connectivity index (χ2v) is 3.61. The van der Waals surface area contributed by atoms with Crippen LogP contribution < -0.4 is 5.73 Å². The fourth-order valence-electron chi connectivity index (χ4n) is 0.994. The van der Waals surface area contributed by atoms with Crippen LogP contribution in [-0.2, 0) is 7.05 Å². The maximum absolute atomic E-state index is 5.89. The van der Waals surface area contributed by atoms with E-state index in [0.29, 0.717) is 21.7 Å². The van der Waals surface area contributed by atoms with Gasteiger partial charge in [-0.05, 0) is 0 Å². The first kappa shape index (κ1) is 8.46. The standard InChI is InChI=1S/C6H6ClN5S/c1-12-4(3(7)2-9-12)5-10-6(8)13-11-5/h2H,1H3,(H2,8,10,11). The summed E-state index contributed by atoms with van der Waals surface area (Å²) in [5, 5.41) is 4.92. The summed E-state index contributed by atoms with van der Waals surface area (Å²) in [7, 11) is 1.78. The number of aromatic nitrogens is 4. The van der Waals surface area contributed by atoms with Gasteiger partial charge < -0.3 is 5.73 Å². The number of halogens is 1. The molecule has 2 aromatic heterocycles. The first-order valence-electron chi connectivity index (χ1n) is 3.45. The van der Waals surface area contributed by atoms with Crippen LogP contribution in [0.5, 0.6) is 0 Å². The van der Waals surface area contributed by atoms with Crippen molar-refractivity contribution in [2.24, 2.45) is 7.05 Å². The second kappa shape index (κ2) is 2.97. The molecule has 0 aromatic carbocycles. The van der Waals surface area contributed by atoms with Gasteiger partial charge in [-0.1, -0.05) is 11.6 Å². The molecule has 0 saturated carbocycles. The van der Waals surface area contributed by atoms with Gasteiger partial charge in [0.05, 0.1) is 11.2 Å². The lowest BCUT2D eigenvalue weighted by Crippen LogP contribution is -1.95. The van der Waals surface area contributed by atoms with Crippen molar-refractivity contribution in [3.05, 3.63) is 11.2 Å². The maximum Gasteiger partial charge on any atom is 0.200 e. The number of aryl methyl sites for hydroxylation is 1. The van der Waals surface area contributed by atoms with E-state index in [-0.39, 0.29) is 0 Å². The molecule has 0 unspecified atom stereocenters. The molecule has 68 valence electrons. The highest BCUT2D eigenvalue weighted by Crippen LogP contribution is 2.25. The fraction of sp³-hybridized carbons (Fsp3) is 0.167. The van der Waals surface area contributed by atoms with E-state index in [1.165, 1.54) is 0 Å². The lowest BCUT2D eigenvalue weighted by atomic mass is 10.4. The molecule has 0 atom stereocenters. The Labute approximate surface area is 83.3 Å². The van der Waals surface area contributed by atoms with E-state index >= 15 is 0 Å². The summed E-state index contributed by atoms with van der Waals surface area (Å²) in [5.74, 6) is 0.521. The van der Waals surface area contributed by atoms with Crippen LogP contribution in [0.1, 0.15) is 0 Å². The summed E-state index contributed by atoms with van der Waals surface area (Å²) in [5.41, 5.74) is 6.15. The number of hydrogen-bond acceptors (Lipinski definition) is 5. The third kappa shape index (κ3) is 1.38. The first-order chi connectivity index (χ1) is 6.18. The summed E-state index contributed by atoms with van der Waals surface area (Å²) in [6, 6.07) is 0. The summed E-state index contributed by atoms with van der Waals surface area (Å²) in [6.45, 7) is 0. The molecule has 0 aliphatic rings. The van der Waals surface area contributed by atoms with E-state index in [0.717, 1.165) is 11.5 Å². The van der Waals surface area contributed by atoms with Crippen molar-refractivity contribution in [2.45, 2.75) is 0 Å². The van der Waals surface area contributed by atoms with Crippen LogP contribution in [0.15, 0.2) is 6.20 Å². The molecule has 2 rings (SSSR count). The number of nitrogens with two attached hydrogens (primary N) is 1. The van der Waals surface area contributed by atoms with Crippen LogP contribution in [0.4, 0.5) is 5.13 Å². The molecule has 13 heavy (non-hydrogen) atoms. The van der Waals surface area contributed by atoms with Crippen LogP contribution in [0, 0.1) is 0 Å². The van der Waals surface area contributed by atoms with Crippen molar-refractivity contribution in [3.8, 4) is 11.5 Å². The predicted octanol–water partition coefficient (Wildman–Crippen LogP) is 1.17. The number of hydrogen-bond donors (Lipinski definition) is 1. The zero-order valence-corrected chi connectivity index (χ0v) is 8.30. The van der Waals surface area contributed by atoms with Crippen LogP contribution in [0.25, 0.3) is 11.5 Å². The van der Waals surface area contributed by atoms with Crippen molar-refractivity contribution in [1.82, 2.24) is 19.1 Å². The van der Waals surface area contributed by atoms with E-state index in [1.54, 1.807) is 17.9 Å². The van der Waals surface area contributed by atoms with Gasteiger partial charge in [0.2, 0.25) is 0 Å². The normalized spacial score (nSPS) is 10.6. The molecule has 0 aliphatic heterocycles. The average Bonchev–Trinajstić information content (AvgIpc) is 2.60. The van der Waals surface area contributed by atoms with Gasteiger partial charge in [0.1, 0.15) is 5.69 Å². The highest BCUT2D eigenvalue weighted by atomic mass is 35.5. The Balaban J connectivity index is 2.57. The molecule has 0 saturated heterocycles. The van der Waals surface area contributed by atoms with Crippen molar-refractivity contribution in [1.29, 1.82) is 0 Å². The predicted molar refractivity (Wildman–Crippen MR) is 51.5 cm³/mol. The summed E-state index contributed by atoms with van der Waals surface area (Å²) < 4.78 is 5.66. The van der Waals surface area contributed by atoms with E-state index in [2.05, 4.69) is 14.5 Å². The number of rotatable bonds is 1. The number of anilines is 1. The Morgan fingerprint density at radius 2 is 2.38 bits per heavy atom. The van der Waals surface area contributed by atoms with Crippen molar-refractivity contribution in [2.75, 3.05) is 5.73 Å². The van der Waals surface area contributed by atoms with Gasteiger partial charge >= 0.3 is 0 Å². The highest BCUT2D eigenvalue weighted by Gasteiger charge is 2.13. The first-order valence-corrected chi connectivity index (χ1v) is 4.60. The molecule has 0 amide bonds. The monoisotopic (exact) mass is 215 g/mol. The molecule has 0 radical (unpaired) electrons. The molecule has 0 bridgehead atoms. The Hall–Kier alpha value is -1.14. The summed E-state index contributed by atoms with van der Waals surface area (Å²) >= 11 is 7.03. The van der Waals surface area contributed by atoms with Crippen LogP contribution in [-0.4, -0.2) is 19.1 Å². The largest absolute Gasteiger partial charge is 0.374 e. The Bertz CT molecular complexity index is 414. The quantitative estimate of drug-likeness (QED) is 0.776. The van der Waals surface area contributed by atoms with Crippen LogP contribution in [0.2, 0.25) is 5.02 Å². The molecule has 5 nitrogen and oxygen atoms in total. The van der Waals surface area contributed by atoms with Crippen LogP contribution >= 0.6 is 23.1 Å². The van der Waals surface area contributed by atoms with Gasteiger partial charge in [0.15, 0.2) is 11.0 Å². The van der Waals surface area contributed by atoms with Gasteiger partial charge in [0, 0.05) is 18.6 Å². The van der Waals surface area contributed by atoms with E-state index in [1.807, 2.05) is 0 Å². The van der Waals surface area contributed by atoms with Gasteiger partial charge in [-0.15, -0.1) is 0 Å². The topological polar surface area (TPSA) is 69.6 Å². The van der Waals surface area contributed by atoms with Gasteiger partial charge in [-0.3, -0.25) is 4.68 Å². The minimum absolute atomic E-state index is 0.423. The Kier molecular flexibility index (Phi) is 1.93. The zero-order valence-electron chi connectivity index (χ0n) is 6.73. The van der Waals surface area contributed by atoms with Gasteiger partial charge in [-0.25, -0.2) is 0 Å².